The van der Waals surface area contributed by atoms with Crippen molar-refractivity contribution >= 4 is 128 Å². The Labute approximate surface area is 499 Å². The second-order valence-electron chi connectivity index (χ2n) is 20.1. The minimum atomic E-state index is -1.05. The Morgan fingerprint density at radius 1 is 0.671 bits per heavy atom. The van der Waals surface area contributed by atoms with Crippen LogP contribution < -0.4 is 28.3 Å². The molecule has 0 radical (unpaired) electrons. The molecule has 0 spiro atoms. The zero-order chi connectivity index (χ0) is 57.7. The van der Waals surface area contributed by atoms with Gasteiger partial charge in [-0.2, -0.15) is 0 Å². The van der Waals surface area contributed by atoms with Crippen LogP contribution in [0.25, 0.3) is 0 Å². The van der Waals surface area contributed by atoms with Crippen LogP contribution in [0.3, 0.4) is 0 Å². The number of amides is 8. The van der Waals surface area contributed by atoms with E-state index in [1.165, 1.54) is 18.4 Å². The highest BCUT2D eigenvalue weighted by atomic mass is 127. The number of carboxylic acid groups (broad SMARTS) is 2. The number of thioether (sulfide) groups is 2. The van der Waals surface area contributed by atoms with E-state index in [-0.39, 0.29) is 174 Å². The maximum absolute atomic E-state index is 12.7. The van der Waals surface area contributed by atoms with E-state index in [0.717, 1.165) is 59.0 Å². The first-order valence-electron chi connectivity index (χ1n) is 27.3. The maximum atomic E-state index is 12.7. The average molecular weight is 1380 g/mol. The van der Waals surface area contributed by atoms with Crippen molar-refractivity contribution in [2.75, 3.05) is 103 Å². The standard InChI is InChI=1S/C51H81I2N9O15S2/c1-3-34-7-4-8-35-29-36(11-14-51(34,35)2)77-28-23-60(21-15-54-43(65)12-24-75-26-17-56-41(63)9-5-19-61-45(67)30-39(47(61)69)78-32-37(58-52)49(71)72)22-16-55-44(66)13-25-76-27-18-57-42(64)10-6-20-62-46(68)31-40(48(62)70)79-33-38(59-53)50(73)74/h8,34,36-40,58-59H,3-7,9-33H2,1-2H3,(H,54,65)(H,55,66)(H,56,63)(H,57,64)(H,71,72)(H,73,74). The van der Waals surface area contributed by atoms with Crippen LogP contribution in [0.15, 0.2) is 11.6 Å². The Hall–Kier alpha value is -3.24. The third-order valence-electron chi connectivity index (χ3n) is 14.6. The van der Waals surface area contributed by atoms with E-state index in [1.807, 2.05) is 0 Å². The Balaban J connectivity index is 1.07. The number of rotatable bonds is 41. The van der Waals surface area contributed by atoms with Crippen molar-refractivity contribution in [3.05, 3.63) is 11.6 Å². The molecule has 1 saturated carbocycles. The first-order chi connectivity index (χ1) is 37.9. The van der Waals surface area contributed by atoms with Gasteiger partial charge in [0.15, 0.2) is 0 Å². The summed E-state index contributed by atoms with van der Waals surface area (Å²) < 4.78 is 22.9. The fraction of sp³-hybridized carbons (Fsp3) is 0.765. The third kappa shape index (κ3) is 23.9. The van der Waals surface area contributed by atoms with Crippen LogP contribution in [-0.2, 0) is 62.2 Å². The molecule has 3 fully saturated rings. The van der Waals surface area contributed by atoms with Gasteiger partial charge in [0.05, 0.1) is 49.6 Å². The van der Waals surface area contributed by atoms with Gasteiger partial charge in [-0.1, -0.05) is 31.9 Å². The van der Waals surface area contributed by atoms with Crippen LogP contribution in [0.1, 0.15) is 104 Å². The molecule has 0 aromatic carbocycles. The number of hydrogen-bond acceptors (Lipinski definition) is 18. The van der Waals surface area contributed by atoms with E-state index >= 15 is 0 Å². The van der Waals surface area contributed by atoms with Gasteiger partial charge in [-0.25, -0.2) is 7.06 Å². The minimum Gasteiger partial charge on any atom is -0.480 e. The summed E-state index contributed by atoms with van der Waals surface area (Å²) in [5.74, 6) is -3.51. The van der Waals surface area contributed by atoms with Crippen LogP contribution in [-0.4, -0.2) is 216 Å². The van der Waals surface area contributed by atoms with Crippen molar-refractivity contribution in [1.82, 2.24) is 43.0 Å². The predicted molar refractivity (Wildman–Crippen MR) is 313 cm³/mol. The van der Waals surface area contributed by atoms with Gasteiger partial charge in [-0.3, -0.25) is 62.6 Å². The highest BCUT2D eigenvalue weighted by Gasteiger charge is 2.43. The monoisotopic (exact) mass is 1380 g/mol. The quantitative estimate of drug-likeness (QED) is 0.0143. The molecule has 2 saturated heterocycles. The summed E-state index contributed by atoms with van der Waals surface area (Å²) in [6.45, 7) is 8.83. The summed E-state index contributed by atoms with van der Waals surface area (Å²) in [6.07, 6.45) is 10.1. The molecule has 8 N–H and O–H groups in total. The first kappa shape index (κ1) is 68.3. The van der Waals surface area contributed by atoms with Gasteiger partial charge >= 0.3 is 11.9 Å². The average Bonchev–Trinajstić information content (AvgIpc) is 3.97. The van der Waals surface area contributed by atoms with Gasteiger partial charge < -0.3 is 45.7 Å². The molecule has 0 aromatic rings. The molecule has 28 heteroatoms. The second-order valence-corrected chi connectivity index (χ2v) is 23.8. The lowest BCUT2D eigenvalue weighted by atomic mass is 9.59. The number of fused-ring (bicyclic) bond motifs is 1. The molecular weight excluding hydrogens is 1300 g/mol. The van der Waals surface area contributed by atoms with Crippen molar-refractivity contribution < 1.29 is 72.4 Å². The highest BCUT2D eigenvalue weighted by Crippen LogP contribution is 2.52. The number of nitrogens with one attached hydrogen (secondary N) is 6. The molecule has 4 rings (SSSR count). The summed E-state index contributed by atoms with van der Waals surface area (Å²) in [5.41, 5.74) is 1.77. The van der Waals surface area contributed by atoms with Gasteiger partial charge in [0, 0.05) is 155 Å². The maximum Gasteiger partial charge on any atom is 0.322 e. The van der Waals surface area contributed by atoms with Crippen molar-refractivity contribution in [2.24, 2.45) is 11.3 Å². The number of ether oxygens (including phenoxy) is 3. The summed E-state index contributed by atoms with van der Waals surface area (Å²) in [4.78, 5) is 127. The summed E-state index contributed by atoms with van der Waals surface area (Å²) >= 11 is 5.72. The van der Waals surface area contributed by atoms with E-state index in [2.05, 4.69) is 53.2 Å². The predicted octanol–water partition coefficient (Wildman–Crippen LogP) is 1.96. The number of allylic oxidation sites excluding steroid dienone is 1. The van der Waals surface area contributed by atoms with Crippen molar-refractivity contribution in [3.63, 3.8) is 0 Å². The molecular formula is C51H81I2N9O15S2. The lowest BCUT2D eigenvalue weighted by Crippen LogP contribution is -2.42. The van der Waals surface area contributed by atoms with E-state index in [4.69, 9.17) is 14.2 Å². The molecule has 446 valence electrons. The van der Waals surface area contributed by atoms with Gasteiger partial charge in [0.2, 0.25) is 47.3 Å². The lowest BCUT2D eigenvalue weighted by molar-refractivity contribution is -0.140. The Kier molecular flexibility index (Phi) is 32.0. The van der Waals surface area contributed by atoms with Crippen molar-refractivity contribution in [1.29, 1.82) is 0 Å². The number of imide groups is 2. The van der Waals surface area contributed by atoms with Gasteiger partial charge in [0.25, 0.3) is 0 Å². The largest absolute Gasteiger partial charge is 0.480 e. The molecule has 24 nitrogen and oxygen atoms in total. The zero-order valence-corrected chi connectivity index (χ0v) is 51.3. The molecule has 2 aliphatic carbocycles. The summed E-state index contributed by atoms with van der Waals surface area (Å²) in [5, 5.41) is 28.5. The number of hydrogen-bond donors (Lipinski definition) is 8. The van der Waals surface area contributed by atoms with Gasteiger partial charge in [0.1, 0.15) is 12.1 Å². The molecule has 2 heterocycles. The van der Waals surface area contributed by atoms with E-state index < -0.39 is 34.5 Å². The topological polar surface area (TPSA) is 321 Å². The molecule has 4 aliphatic rings. The van der Waals surface area contributed by atoms with Gasteiger partial charge in [-0.05, 0) is 56.3 Å². The molecule has 7 unspecified atom stereocenters. The van der Waals surface area contributed by atoms with E-state index in [1.54, 1.807) is 45.7 Å². The molecule has 0 aromatic heterocycles. The molecule has 8 amide bonds. The number of likely N-dealkylation sites (tertiary alicyclic amines) is 2. The molecule has 7 atom stereocenters. The van der Waals surface area contributed by atoms with E-state index in [0.29, 0.717) is 45.2 Å². The fourth-order valence-electron chi connectivity index (χ4n) is 9.92. The number of halogens is 2. The third-order valence-corrected chi connectivity index (χ3v) is 18.7. The minimum absolute atomic E-state index is 0.00816. The molecule has 2 aliphatic heterocycles. The molecule has 0 bridgehead atoms. The van der Waals surface area contributed by atoms with Crippen LogP contribution in [0.5, 0.6) is 0 Å². The number of carbonyl (C=O) groups excluding carboxylic acids is 8. The number of carboxylic acids is 2. The Bertz CT molecular complexity index is 1990. The fourth-order valence-corrected chi connectivity index (χ4v) is 13.8. The number of carbonyl (C=O) groups is 10. The lowest BCUT2D eigenvalue weighted by Gasteiger charge is -2.47. The van der Waals surface area contributed by atoms with Crippen molar-refractivity contribution in [2.45, 2.75) is 132 Å². The van der Waals surface area contributed by atoms with Crippen LogP contribution in [0, 0.1) is 11.3 Å². The molecule has 79 heavy (non-hydrogen) atoms. The van der Waals surface area contributed by atoms with Crippen LogP contribution >= 0.6 is 69.3 Å². The summed E-state index contributed by atoms with van der Waals surface area (Å²) in [6, 6.07) is -1.70. The Morgan fingerprint density at radius 2 is 1.14 bits per heavy atom. The zero-order valence-electron chi connectivity index (χ0n) is 45.4. The highest BCUT2D eigenvalue weighted by molar-refractivity contribution is 14.1. The normalized spacial score (nSPS) is 21.9. The Morgan fingerprint density at radius 3 is 1.59 bits per heavy atom. The van der Waals surface area contributed by atoms with Crippen LogP contribution in [0.2, 0.25) is 0 Å². The smallest absolute Gasteiger partial charge is 0.322 e. The second kappa shape index (κ2) is 37.1. The van der Waals surface area contributed by atoms with Crippen molar-refractivity contribution in [3.8, 4) is 0 Å². The van der Waals surface area contributed by atoms with Crippen LogP contribution in [0.4, 0.5) is 0 Å². The van der Waals surface area contributed by atoms with Gasteiger partial charge in [-0.15, -0.1) is 23.5 Å². The number of nitrogens with zero attached hydrogens (tertiary/aromatic N) is 3. The first-order valence-corrected chi connectivity index (χ1v) is 31.5. The van der Waals surface area contributed by atoms with E-state index in [9.17, 15) is 58.2 Å². The number of aliphatic carboxylic acids is 2. The SMILES string of the molecule is CCC1CCC=C2CC(OCCN(CCNC(=O)CCOCCNC(=O)CCCN3C(=O)CC(SCC(NI)C(=O)O)C3=O)CCNC(=O)CCOCCNC(=O)CCCN3C(=O)CC(SCC(NI)C(=O)O)C3=O)CCC21C. The summed E-state index contributed by atoms with van der Waals surface area (Å²) in [7, 11) is 0.